The van der Waals surface area contributed by atoms with E-state index in [9.17, 15) is 4.79 Å². The lowest BCUT2D eigenvalue weighted by molar-refractivity contribution is 0.226. The molecule has 0 bridgehead atoms. The predicted molar refractivity (Wildman–Crippen MR) is 63.4 cm³/mol. The minimum atomic E-state index is -0.0511. The molecule has 0 spiro atoms. The Labute approximate surface area is 100 Å². The van der Waals surface area contributed by atoms with Crippen LogP contribution in [0, 0.1) is 0 Å². The number of hydrogen-bond donors (Lipinski definition) is 1. The summed E-state index contributed by atoms with van der Waals surface area (Å²) < 4.78 is 10.4. The molecule has 1 aliphatic heterocycles. The number of urea groups is 1. The van der Waals surface area contributed by atoms with Crippen LogP contribution >= 0.6 is 0 Å². The van der Waals surface area contributed by atoms with Crippen LogP contribution in [0.1, 0.15) is 11.6 Å². The maximum absolute atomic E-state index is 11.4. The van der Waals surface area contributed by atoms with Gasteiger partial charge >= 0.3 is 6.03 Å². The Balaban J connectivity index is 2.25. The highest BCUT2D eigenvalue weighted by molar-refractivity contribution is 5.77. The molecule has 0 radical (unpaired) electrons. The van der Waals surface area contributed by atoms with Crippen LogP contribution in [0.5, 0.6) is 11.5 Å². The predicted octanol–water partition coefficient (Wildman–Crippen LogP) is 1.40. The number of nitrogens with zero attached hydrogens (tertiary/aromatic N) is 1. The van der Waals surface area contributed by atoms with E-state index in [-0.39, 0.29) is 12.1 Å². The van der Waals surface area contributed by atoms with Gasteiger partial charge < -0.3 is 19.7 Å². The quantitative estimate of drug-likeness (QED) is 0.863. The van der Waals surface area contributed by atoms with E-state index in [2.05, 4.69) is 5.32 Å². The van der Waals surface area contributed by atoms with Crippen LogP contribution in [0.15, 0.2) is 18.2 Å². The number of benzene rings is 1. The Morgan fingerprint density at radius 2 is 2.00 bits per heavy atom. The molecular weight excluding hydrogens is 220 g/mol. The molecule has 1 aromatic rings. The highest BCUT2D eigenvalue weighted by Crippen LogP contribution is 2.31. The Morgan fingerprint density at radius 1 is 1.29 bits per heavy atom. The fourth-order valence-electron chi connectivity index (χ4n) is 1.92. The molecule has 1 heterocycles. The summed E-state index contributed by atoms with van der Waals surface area (Å²) in [5.41, 5.74) is 1.01. The lowest BCUT2D eigenvalue weighted by Gasteiger charge is -2.13. The zero-order chi connectivity index (χ0) is 12.4. The van der Waals surface area contributed by atoms with E-state index in [1.807, 2.05) is 18.2 Å². The zero-order valence-electron chi connectivity index (χ0n) is 10.2. The summed E-state index contributed by atoms with van der Waals surface area (Å²) >= 11 is 0. The van der Waals surface area contributed by atoms with E-state index >= 15 is 0 Å². The fourth-order valence-corrected chi connectivity index (χ4v) is 1.92. The second-order valence-electron chi connectivity index (χ2n) is 4.00. The highest BCUT2D eigenvalue weighted by Gasteiger charge is 2.27. The van der Waals surface area contributed by atoms with Crippen LogP contribution in [0.2, 0.25) is 0 Å². The molecule has 2 amide bonds. The lowest BCUT2D eigenvalue weighted by Crippen LogP contribution is -2.23. The summed E-state index contributed by atoms with van der Waals surface area (Å²) in [5, 5.41) is 2.90. The average molecular weight is 236 g/mol. The van der Waals surface area contributed by atoms with E-state index in [4.69, 9.17) is 9.47 Å². The molecule has 0 saturated carbocycles. The van der Waals surface area contributed by atoms with Gasteiger partial charge in [-0.25, -0.2) is 4.79 Å². The van der Waals surface area contributed by atoms with E-state index < -0.39 is 0 Å². The number of amides is 2. The minimum absolute atomic E-state index is 0.00676. The van der Waals surface area contributed by atoms with E-state index in [0.29, 0.717) is 18.0 Å². The number of ether oxygens (including phenoxy) is 2. The third-order valence-corrected chi connectivity index (χ3v) is 2.91. The van der Waals surface area contributed by atoms with Crippen molar-refractivity contribution in [3.8, 4) is 11.5 Å². The van der Waals surface area contributed by atoms with Crippen molar-refractivity contribution in [1.82, 2.24) is 10.2 Å². The summed E-state index contributed by atoms with van der Waals surface area (Å²) in [4.78, 5) is 13.0. The van der Waals surface area contributed by atoms with Gasteiger partial charge in [-0.3, -0.25) is 0 Å². The smallest absolute Gasteiger partial charge is 0.317 e. The summed E-state index contributed by atoms with van der Waals surface area (Å²) in [6.07, 6.45) is 0. The molecule has 1 aliphatic rings. The standard InChI is InChI=1S/C12H16N2O3/c1-14-7-9(13-12(14)15)8-4-5-10(16-2)11(6-8)17-3/h4-6,9H,7H2,1-3H3,(H,13,15). The first-order valence-electron chi connectivity index (χ1n) is 5.39. The van der Waals surface area contributed by atoms with Gasteiger partial charge in [0, 0.05) is 13.6 Å². The van der Waals surface area contributed by atoms with Crippen molar-refractivity contribution in [1.29, 1.82) is 0 Å². The number of rotatable bonds is 3. The summed E-state index contributed by atoms with van der Waals surface area (Å²) in [5.74, 6) is 1.36. The molecule has 5 nitrogen and oxygen atoms in total. The minimum Gasteiger partial charge on any atom is -0.493 e. The Bertz CT molecular complexity index is 434. The van der Waals surface area contributed by atoms with Crippen molar-refractivity contribution in [2.45, 2.75) is 6.04 Å². The number of hydrogen-bond acceptors (Lipinski definition) is 3. The molecule has 1 aromatic carbocycles. The molecule has 1 saturated heterocycles. The summed E-state index contributed by atoms with van der Waals surface area (Å²) in [6, 6.07) is 5.63. The van der Waals surface area contributed by atoms with Crippen molar-refractivity contribution in [3.05, 3.63) is 23.8 Å². The van der Waals surface area contributed by atoms with Gasteiger partial charge in [-0.1, -0.05) is 6.07 Å². The number of nitrogens with one attached hydrogen (secondary N) is 1. The first-order chi connectivity index (χ1) is 8.15. The Kier molecular flexibility index (Phi) is 3.08. The third-order valence-electron chi connectivity index (χ3n) is 2.91. The van der Waals surface area contributed by atoms with Crippen molar-refractivity contribution in [2.75, 3.05) is 27.8 Å². The molecule has 5 heteroatoms. The second kappa shape index (κ2) is 4.53. The second-order valence-corrected chi connectivity index (χ2v) is 4.00. The van der Waals surface area contributed by atoms with Gasteiger partial charge in [-0.15, -0.1) is 0 Å². The van der Waals surface area contributed by atoms with Gasteiger partial charge in [-0.05, 0) is 17.7 Å². The maximum atomic E-state index is 11.4. The number of carbonyl (C=O) groups excluding carboxylic acids is 1. The first-order valence-corrected chi connectivity index (χ1v) is 5.39. The number of carbonyl (C=O) groups is 1. The molecule has 92 valence electrons. The largest absolute Gasteiger partial charge is 0.493 e. The van der Waals surface area contributed by atoms with Crippen molar-refractivity contribution < 1.29 is 14.3 Å². The Hall–Kier alpha value is -1.91. The van der Waals surface area contributed by atoms with Gasteiger partial charge in [0.15, 0.2) is 11.5 Å². The van der Waals surface area contributed by atoms with Crippen molar-refractivity contribution in [3.63, 3.8) is 0 Å². The molecule has 0 aromatic heterocycles. The first kappa shape index (κ1) is 11.6. The third kappa shape index (κ3) is 2.13. The highest BCUT2D eigenvalue weighted by atomic mass is 16.5. The summed E-state index contributed by atoms with van der Waals surface area (Å²) in [7, 11) is 4.97. The van der Waals surface area contributed by atoms with E-state index in [1.54, 1.807) is 26.2 Å². The topological polar surface area (TPSA) is 50.8 Å². The molecule has 2 rings (SSSR count). The molecule has 17 heavy (non-hydrogen) atoms. The molecule has 1 unspecified atom stereocenters. The molecule has 1 N–H and O–H groups in total. The Morgan fingerprint density at radius 3 is 2.53 bits per heavy atom. The van der Waals surface area contributed by atoms with Crippen LogP contribution in [0.25, 0.3) is 0 Å². The molecule has 0 aliphatic carbocycles. The fraction of sp³-hybridized carbons (Fsp3) is 0.417. The molecule has 1 atom stereocenters. The van der Waals surface area contributed by atoms with Crippen molar-refractivity contribution >= 4 is 6.03 Å². The van der Waals surface area contributed by atoms with E-state index in [1.165, 1.54) is 0 Å². The monoisotopic (exact) mass is 236 g/mol. The number of likely N-dealkylation sites (N-methyl/N-ethyl adjacent to an activating group) is 1. The van der Waals surface area contributed by atoms with Crippen LogP contribution in [0.3, 0.4) is 0 Å². The molecular formula is C12H16N2O3. The van der Waals surface area contributed by atoms with Gasteiger partial charge in [0.25, 0.3) is 0 Å². The maximum Gasteiger partial charge on any atom is 0.317 e. The summed E-state index contributed by atoms with van der Waals surface area (Å²) in [6.45, 7) is 0.661. The normalized spacial score (nSPS) is 19.1. The average Bonchev–Trinajstić information content (AvgIpc) is 2.68. The van der Waals surface area contributed by atoms with Gasteiger partial charge in [0.05, 0.1) is 20.3 Å². The van der Waals surface area contributed by atoms with E-state index in [0.717, 1.165) is 5.56 Å². The van der Waals surface area contributed by atoms with Gasteiger partial charge in [0.2, 0.25) is 0 Å². The lowest BCUT2D eigenvalue weighted by atomic mass is 10.1. The SMILES string of the molecule is COc1ccc(C2CN(C)C(=O)N2)cc1OC. The van der Waals surface area contributed by atoms with Crippen molar-refractivity contribution in [2.24, 2.45) is 0 Å². The van der Waals surface area contributed by atoms with Crippen LogP contribution in [0.4, 0.5) is 4.79 Å². The molecule has 1 fully saturated rings. The number of methoxy groups -OCH3 is 2. The van der Waals surface area contributed by atoms with Gasteiger partial charge in [0.1, 0.15) is 0 Å². The van der Waals surface area contributed by atoms with Crippen LogP contribution in [-0.2, 0) is 0 Å². The zero-order valence-corrected chi connectivity index (χ0v) is 10.2. The van der Waals surface area contributed by atoms with Gasteiger partial charge in [-0.2, -0.15) is 0 Å². The van der Waals surface area contributed by atoms with Crippen LogP contribution < -0.4 is 14.8 Å². The van der Waals surface area contributed by atoms with Crippen LogP contribution in [-0.4, -0.2) is 38.7 Å².